The van der Waals surface area contributed by atoms with Gasteiger partial charge in [0.1, 0.15) is 18.5 Å². The van der Waals surface area contributed by atoms with Crippen LogP contribution in [0.4, 0.5) is 0 Å². The maximum Gasteiger partial charge on any atom is 0.123 e. The zero-order valence-electron chi connectivity index (χ0n) is 16.5. The van der Waals surface area contributed by atoms with E-state index in [1.54, 1.807) is 11.8 Å². The van der Waals surface area contributed by atoms with Crippen LogP contribution in [0.3, 0.4) is 0 Å². The van der Waals surface area contributed by atoms with Crippen LogP contribution < -0.4 is 10.1 Å². The number of thioether (sulfide) groups is 2. The zero-order chi connectivity index (χ0) is 19.6. The number of rotatable bonds is 10. The Morgan fingerprint density at radius 1 is 1.14 bits per heavy atom. The molecule has 1 aliphatic rings. The molecule has 2 aromatic carbocycles. The van der Waals surface area contributed by atoms with E-state index in [1.165, 1.54) is 10.5 Å². The predicted octanol–water partition coefficient (Wildman–Crippen LogP) is 3.49. The van der Waals surface area contributed by atoms with Crippen molar-refractivity contribution in [1.29, 1.82) is 0 Å². The fraction of sp³-hybridized carbons (Fsp3) is 0.455. The largest absolute Gasteiger partial charge is 0.491 e. The minimum Gasteiger partial charge on any atom is -0.491 e. The molecule has 4 nitrogen and oxygen atoms in total. The Bertz CT molecular complexity index is 723. The topological polar surface area (TPSA) is 44.7 Å². The Morgan fingerprint density at radius 3 is 2.79 bits per heavy atom. The van der Waals surface area contributed by atoms with Crippen LogP contribution in [-0.2, 0) is 13.1 Å². The smallest absolute Gasteiger partial charge is 0.123 e. The summed E-state index contributed by atoms with van der Waals surface area (Å²) in [6.07, 6.45) is 1.64. The van der Waals surface area contributed by atoms with Gasteiger partial charge in [0.05, 0.1) is 0 Å². The molecule has 1 saturated heterocycles. The molecule has 0 radical (unpaired) electrons. The molecule has 2 N–H and O–H groups in total. The molecule has 0 spiro atoms. The molecule has 0 bridgehead atoms. The number of aliphatic hydroxyl groups excluding tert-OH is 1. The Hall–Kier alpha value is -1.18. The van der Waals surface area contributed by atoms with Gasteiger partial charge in [-0.15, -0.1) is 11.8 Å². The summed E-state index contributed by atoms with van der Waals surface area (Å²) in [5.41, 5.74) is 2.39. The molecule has 3 rings (SSSR count). The SMILES string of the molecule is CSc1cccc(CNCc2ccccc2OCC(O)CN2CCSCC2)c1. The average Bonchev–Trinajstić information content (AvgIpc) is 2.74. The van der Waals surface area contributed by atoms with Crippen molar-refractivity contribution < 1.29 is 9.84 Å². The van der Waals surface area contributed by atoms with Gasteiger partial charge in [-0.25, -0.2) is 0 Å². The van der Waals surface area contributed by atoms with Gasteiger partial charge in [-0.2, -0.15) is 11.8 Å². The summed E-state index contributed by atoms with van der Waals surface area (Å²) in [7, 11) is 0. The van der Waals surface area contributed by atoms with Crippen molar-refractivity contribution in [3.63, 3.8) is 0 Å². The van der Waals surface area contributed by atoms with Crippen molar-refractivity contribution in [2.75, 3.05) is 44.0 Å². The van der Waals surface area contributed by atoms with Crippen molar-refractivity contribution in [3.05, 3.63) is 59.7 Å². The van der Waals surface area contributed by atoms with Gasteiger partial charge < -0.3 is 15.2 Å². The third kappa shape index (κ3) is 7.01. The molecule has 0 aromatic heterocycles. The number of hydrogen-bond acceptors (Lipinski definition) is 6. The van der Waals surface area contributed by atoms with Crippen LogP contribution in [0.15, 0.2) is 53.4 Å². The van der Waals surface area contributed by atoms with E-state index in [-0.39, 0.29) is 0 Å². The van der Waals surface area contributed by atoms with Gasteiger partial charge >= 0.3 is 0 Å². The molecule has 1 atom stereocenters. The van der Waals surface area contributed by atoms with Crippen molar-refractivity contribution in [1.82, 2.24) is 10.2 Å². The summed E-state index contributed by atoms with van der Waals surface area (Å²) in [4.78, 5) is 3.60. The lowest BCUT2D eigenvalue weighted by molar-refractivity contribution is 0.0711. The molecule has 6 heteroatoms. The molecule has 0 aliphatic carbocycles. The molecular weight excluding hydrogens is 388 g/mol. The Balaban J connectivity index is 1.46. The van der Waals surface area contributed by atoms with Gasteiger partial charge in [0, 0.05) is 54.7 Å². The van der Waals surface area contributed by atoms with Crippen LogP contribution in [0.5, 0.6) is 5.75 Å². The van der Waals surface area contributed by atoms with E-state index in [4.69, 9.17) is 4.74 Å². The van der Waals surface area contributed by atoms with Crippen molar-refractivity contribution in [3.8, 4) is 5.75 Å². The molecule has 1 heterocycles. The van der Waals surface area contributed by atoms with Gasteiger partial charge in [0.2, 0.25) is 0 Å². The third-order valence-corrected chi connectivity index (χ3v) is 6.42. The summed E-state index contributed by atoms with van der Waals surface area (Å²) in [5, 5.41) is 13.8. The lowest BCUT2D eigenvalue weighted by Crippen LogP contribution is -2.40. The maximum absolute atomic E-state index is 10.3. The summed E-state index contributed by atoms with van der Waals surface area (Å²) in [6, 6.07) is 16.7. The molecule has 0 saturated carbocycles. The highest BCUT2D eigenvalue weighted by Crippen LogP contribution is 2.19. The number of aliphatic hydroxyl groups is 1. The van der Waals surface area contributed by atoms with E-state index in [1.807, 2.05) is 30.0 Å². The van der Waals surface area contributed by atoms with Gasteiger partial charge in [-0.3, -0.25) is 4.90 Å². The fourth-order valence-corrected chi connectivity index (χ4v) is 4.70. The number of nitrogens with one attached hydrogen (secondary N) is 1. The number of ether oxygens (including phenoxy) is 1. The van der Waals surface area contributed by atoms with Gasteiger partial charge in [0.15, 0.2) is 0 Å². The second kappa shape index (κ2) is 11.7. The summed E-state index contributed by atoms with van der Waals surface area (Å²) < 4.78 is 5.95. The summed E-state index contributed by atoms with van der Waals surface area (Å²) in [5.74, 6) is 3.16. The Morgan fingerprint density at radius 2 is 1.96 bits per heavy atom. The standard InChI is InChI=1S/C22H30N2O2S2/c1-27-21-7-4-5-18(13-21)14-23-15-19-6-2-3-8-22(19)26-17-20(25)16-24-9-11-28-12-10-24/h2-8,13,20,23,25H,9-12,14-17H2,1H3. The van der Waals surface area contributed by atoms with E-state index in [0.29, 0.717) is 13.2 Å². The highest BCUT2D eigenvalue weighted by molar-refractivity contribution is 7.99. The molecular formula is C22H30N2O2S2. The van der Waals surface area contributed by atoms with Crippen LogP contribution in [0.25, 0.3) is 0 Å². The van der Waals surface area contributed by atoms with Crippen LogP contribution in [0.1, 0.15) is 11.1 Å². The molecule has 1 fully saturated rings. The van der Waals surface area contributed by atoms with Gasteiger partial charge in [-0.05, 0) is 30.0 Å². The summed E-state index contributed by atoms with van der Waals surface area (Å²) in [6.45, 7) is 4.68. The van der Waals surface area contributed by atoms with E-state index in [9.17, 15) is 5.11 Å². The normalized spacial score (nSPS) is 16.1. The van der Waals surface area contributed by atoms with Gasteiger partial charge in [0.25, 0.3) is 0 Å². The minimum atomic E-state index is -0.460. The highest BCUT2D eigenvalue weighted by Gasteiger charge is 2.15. The molecule has 28 heavy (non-hydrogen) atoms. The van der Waals surface area contributed by atoms with E-state index in [0.717, 1.165) is 49.0 Å². The number of β-amino-alcohol motifs (C(OH)–C–C–N with tert-alkyl or cyclic N) is 1. The quantitative estimate of drug-likeness (QED) is 0.576. The predicted molar refractivity (Wildman–Crippen MR) is 120 cm³/mol. The van der Waals surface area contributed by atoms with E-state index < -0.39 is 6.10 Å². The van der Waals surface area contributed by atoms with Crippen LogP contribution in [0.2, 0.25) is 0 Å². The molecule has 152 valence electrons. The first kappa shape index (κ1) is 21.5. The zero-order valence-corrected chi connectivity index (χ0v) is 18.1. The third-order valence-electron chi connectivity index (χ3n) is 4.76. The lowest BCUT2D eigenvalue weighted by atomic mass is 10.2. The molecule has 1 aliphatic heterocycles. The van der Waals surface area contributed by atoms with Crippen molar-refractivity contribution >= 4 is 23.5 Å². The minimum absolute atomic E-state index is 0.330. The molecule has 1 unspecified atom stereocenters. The number of para-hydroxylation sites is 1. The van der Waals surface area contributed by atoms with E-state index >= 15 is 0 Å². The van der Waals surface area contributed by atoms with Crippen molar-refractivity contribution in [2.24, 2.45) is 0 Å². The van der Waals surface area contributed by atoms with Crippen molar-refractivity contribution in [2.45, 2.75) is 24.1 Å². The monoisotopic (exact) mass is 418 g/mol. The lowest BCUT2D eigenvalue weighted by Gasteiger charge is -2.28. The Labute approximate surface area is 177 Å². The first-order chi connectivity index (χ1) is 13.7. The second-order valence-electron chi connectivity index (χ2n) is 6.94. The van der Waals surface area contributed by atoms with Crippen LogP contribution >= 0.6 is 23.5 Å². The van der Waals surface area contributed by atoms with E-state index in [2.05, 4.69) is 46.8 Å². The highest BCUT2D eigenvalue weighted by atomic mass is 32.2. The molecule has 2 aromatic rings. The van der Waals surface area contributed by atoms with Crippen LogP contribution in [0, 0.1) is 0 Å². The Kier molecular flexibility index (Phi) is 9.02. The molecule has 0 amide bonds. The number of hydrogen-bond donors (Lipinski definition) is 2. The fourth-order valence-electron chi connectivity index (χ4n) is 3.24. The number of nitrogens with zero attached hydrogens (tertiary/aromatic N) is 1. The van der Waals surface area contributed by atoms with Crippen LogP contribution in [-0.4, -0.2) is 60.1 Å². The first-order valence-electron chi connectivity index (χ1n) is 9.77. The average molecular weight is 419 g/mol. The van der Waals surface area contributed by atoms with Gasteiger partial charge in [-0.1, -0.05) is 30.3 Å². The number of benzene rings is 2. The maximum atomic E-state index is 10.3. The first-order valence-corrected chi connectivity index (χ1v) is 12.1. The summed E-state index contributed by atoms with van der Waals surface area (Å²) >= 11 is 3.74. The second-order valence-corrected chi connectivity index (χ2v) is 9.05.